The maximum Gasteiger partial charge on any atom is 0.448 e. The van der Waals surface area contributed by atoms with E-state index in [4.69, 9.17) is 5.11 Å². The Morgan fingerprint density at radius 2 is 2.17 bits per heavy atom. The summed E-state index contributed by atoms with van der Waals surface area (Å²) in [7, 11) is 0. The minimum absolute atomic E-state index is 0.379. The van der Waals surface area contributed by atoms with E-state index in [1.54, 1.807) is 11.4 Å². The zero-order chi connectivity index (χ0) is 9.19. The highest BCUT2D eigenvalue weighted by atomic mass is 32.1. The zero-order valence-corrected chi connectivity index (χ0v) is 6.62. The Balaban J connectivity index is 2.84. The second-order valence-corrected chi connectivity index (χ2v) is 3.02. The summed E-state index contributed by atoms with van der Waals surface area (Å²) in [6, 6.07) is 3.10. The largest absolute Gasteiger partial charge is 0.504 e. The predicted octanol–water partition coefficient (Wildman–Crippen LogP) is 3.21. The first-order valence-corrected chi connectivity index (χ1v) is 3.89. The highest BCUT2D eigenvalue weighted by Crippen LogP contribution is 2.26. The summed E-state index contributed by atoms with van der Waals surface area (Å²) in [5, 5.41) is 10.1. The first-order chi connectivity index (χ1) is 5.50. The van der Waals surface area contributed by atoms with Crippen LogP contribution in [0.2, 0.25) is 0 Å². The van der Waals surface area contributed by atoms with Crippen molar-refractivity contribution in [2.24, 2.45) is 0 Å². The third kappa shape index (κ3) is 2.27. The number of rotatable bonds is 1. The van der Waals surface area contributed by atoms with Crippen LogP contribution in [0.5, 0.6) is 0 Å². The number of halogens is 3. The molecule has 1 N–H and O–H groups in total. The Hall–Kier alpha value is -0.970. The monoisotopic (exact) mass is 194 g/mol. The summed E-state index contributed by atoms with van der Waals surface area (Å²) in [4.78, 5) is 0.379. The van der Waals surface area contributed by atoms with E-state index >= 15 is 0 Å². The molecule has 0 saturated heterocycles. The lowest BCUT2D eigenvalue weighted by molar-refractivity contribution is -0.119. The molecule has 0 amide bonds. The van der Waals surface area contributed by atoms with E-state index in [0.717, 1.165) is 11.3 Å². The van der Waals surface area contributed by atoms with Gasteiger partial charge in [0.25, 0.3) is 0 Å². The van der Waals surface area contributed by atoms with Crippen molar-refractivity contribution in [1.82, 2.24) is 0 Å². The molecule has 66 valence electrons. The van der Waals surface area contributed by atoms with Crippen molar-refractivity contribution in [2.45, 2.75) is 6.18 Å². The molecule has 12 heavy (non-hydrogen) atoms. The van der Waals surface area contributed by atoms with Crippen molar-refractivity contribution < 1.29 is 18.3 Å². The van der Waals surface area contributed by atoms with Gasteiger partial charge in [0, 0.05) is 11.0 Å². The van der Waals surface area contributed by atoms with Crippen LogP contribution in [0.1, 0.15) is 4.88 Å². The van der Waals surface area contributed by atoms with Crippen molar-refractivity contribution >= 4 is 17.4 Å². The number of allylic oxidation sites excluding steroid dienone is 1. The molecule has 5 heteroatoms. The summed E-state index contributed by atoms with van der Waals surface area (Å²) < 4.78 is 35.2. The Morgan fingerprint density at radius 3 is 2.58 bits per heavy atom. The zero-order valence-electron chi connectivity index (χ0n) is 5.80. The molecule has 0 aliphatic rings. The Morgan fingerprint density at radius 1 is 1.50 bits per heavy atom. The molecule has 1 rings (SSSR count). The molecular formula is C7H5F3OS. The van der Waals surface area contributed by atoms with Crippen molar-refractivity contribution in [3.63, 3.8) is 0 Å². The number of alkyl halides is 3. The normalized spacial score (nSPS) is 13.4. The lowest BCUT2D eigenvalue weighted by Crippen LogP contribution is -2.10. The van der Waals surface area contributed by atoms with E-state index in [0.29, 0.717) is 11.0 Å². The molecule has 1 aromatic rings. The number of aliphatic hydroxyl groups excluding tert-OH is 1. The van der Waals surface area contributed by atoms with Gasteiger partial charge < -0.3 is 5.11 Å². The van der Waals surface area contributed by atoms with E-state index in [1.165, 1.54) is 6.07 Å². The van der Waals surface area contributed by atoms with Gasteiger partial charge in [-0.25, -0.2) is 0 Å². The summed E-state index contributed by atoms with van der Waals surface area (Å²) >= 11 is 1.13. The average molecular weight is 194 g/mol. The van der Waals surface area contributed by atoms with Gasteiger partial charge in [-0.05, 0) is 11.4 Å². The number of aliphatic hydroxyl groups is 1. The Kier molecular flexibility index (Phi) is 2.42. The molecule has 1 heterocycles. The molecular weight excluding hydrogens is 189 g/mol. The molecule has 0 radical (unpaired) electrons. The van der Waals surface area contributed by atoms with Gasteiger partial charge in [-0.15, -0.1) is 11.3 Å². The van der Waals surface area contributed by atoms with Gasteiger partial charge in [0.05, 0.1) is 0 Å². The van der Waals surface area contributed by atoms with Crippen LogP contribution in [0, 0.1) is 0 Å². The highest BCUT2D eigenvalue weighted by molar-refractivity contribution is 7.10. The molecule has 0 saturated carbocycles. The first kappa shape index (κ1) is 9.12. The predicted molar refractivity (Wildman–Crippen MR) is 41.0 cm³/mol. The fourth-order valence-corrected chi connectivity index (χ4v) is 1.24. The van der Waals surface area contributed by atoms with Crippen LogP contribution in [-0.2, 0) is 0 Å². The molecule has 0 aliphatic heterocycles. The molecule has 0 atom stereocenters. The summed E-state index contributed by atoms with van der Waals surface area (Å²) in [5.74, 6) is -1.56. The standard InChI is InChI=1S/C7H5F3OS/c8-7(9,10)6(11)4-5-2-1-3-12-5/h1-4,11H/b6-4-. The number of hydrogen-bond acceptors (Lipinski definition) is 2. The lowest BCUT2D eigenvalue weighted by Gasteiger charge is -2.02. The minimum atomic E-state index is -4.65. The third-order valence-corrected chi connectivity index (χ3v) is 1.93. The summed E-state index contributed by atoms with van der Waals surface area (Å²) in [5.41, 5.74) is 0. The summed E-state index contributed by atoms with van der Waals surface area (Å²) in [6.45, 7) is 0. The minimum Gasteiger partial charge on any atom is -0.504 e. The van der Waals surface area contributed by atoms with E-state index in [1.807, 2.05) is 0 Å². The second-order valence-electron chi connectivity index (χ2n) is 2.04. The van der Waals surface area contributed by atoms with Gasteiger partial charge in [0.1, 0.15) is 0 Å². The molecule has 0 unspecified atom stereocenters. The van der Waals surface area contributed by atoms with Crippen molar-refractivity contribution in [1.29, 1.82) is 0 Å². The molecule has 1 nitrogen and oxygen atoms in total. The SMILES string of the molecule is O/C(=C\c1cccs1)C(F)(F)F. The fraction of sp³-hybridized carbons (Fsp3) is 0.143. The Bertz CT molecular complexity index is 273. The van der Waals surface area contributed by atoms with E-state index in [9.17, 15) is 13.2 Å². The van der Waals surface area contributed by atoms with Crippen molar-refractivity contribution in [2.75, 3.05) is 0 Å². The molecule has 0 aromatic carbocycles. The molecule has 1 aromatic heterocycles. The van der Waals surface area contributed by atoms with Crippen LogP contribution in [0.25, 0.3) is 6.08 Å². The van der Waals surface area contributed by atoms with Crippen LogP contribution in [-0.4, -0.2) is 11.3 Å². The van der Waals surface area contributed by atoms with Crippen molar-refractivity contribution in [3.8, 4) is 0 Å². The van der Waals surface area contributed by atoms with Gasteiger partial charge in [-0.3, -0.25) is 0 Å². The first-order valence-electron chi connectivity index (χ1n) is 3.01. The van der Waals surface area contributed by atoms with Crippen LogP contribution < -0.4 is 0 Å². The summed E-state index contributed by atoms with van der Waals surface area (Å²) in [6.07, 6.45) is -3.95. The van der Waals surface area contributed by atoms with Gasteiger partial charge in [-0.1, -0.05) is 6.07 Å². The fourth-order valence-electron chi connectivity index (χ4n) is 0.590. The van der Waals surface area contributed by atoms with Crippen LogP contribution in [0.15, 0.2) is 23.3 Å². The van der Waals surface area contributed by atoms with E-state index in [2.05, 4.69) is 0 Å². The van der Waals surface area contributed by atoms with Crippen molar-refractivity contribution in [3.05, 3.63) is 28.1 Å². The number of thiophene rings is 1. The van der Waals surface area contributed by atoms with E-state index in [-0.39, 0.29) is 0 Å². The van der Waals surface area contributed by atoms with Crippen LogP contribution >= 0.6 is 11.3 Å². The molecule has 0 fully saturated rings. The second kappa shape index (κ2) is 3.18. The van der Waals surface area contributed by atoms with Gasteiger partial charge in [0.15, 0.2) is 5.76 Å². The molecule has 0 spiro atoms. The quantitative estimate of drug-likeness (QED) is 0.680. The van der Waals surface area contributed by atoms with Crippen LogP contribution in [0.3, 0.4) is 0 Å². The van der Waals surface area contributed by atoms with Gasteiger partial charge in [-0.2, -0.15) is 13.2 Å². The lowest BCUT2D eigenvalue weighted by atomic mass is 10.4. The maximum atomic E-state index is 11.7. The third-order valence-electron chi connectivity index (χ3n) is 1.11. The van der Waals surface area contributed by atoms with E-state index < -0.39 is 11.9 Å². The molecule has 0 bridgehead atoms. The van der Waals surface area contributed by atoms with Gasteiger partial charge >= 0.3 is 6.18 Å². The molecule has 0 aliphatic carbocycles. The smallest absolute Gasteiger partial charge is 0.448 e. The highest BCUT2D eigenvalue weighted by Gasteiger charge is 2.33. The number of hydrogen-bond donors (Lipinski definition) is 1. The van der Waals surface area contributed by atoms with Gasteiger partial charge in [0.2, 0.25) is 0 Å². The maximum absolute atomic E-state index is 11.7. The topological polar surface area (TPSA) is 20.2 Å². The Labute approximate surface area is 70.8 Å². The average Bonchev–Trinajstić information content (AvgIpc) is 2.37. The van der Waals surface area contributed by atoms with Crippen LogP contribution in [0.4, 0.5) is 13.2 Å².